The number of rotatable bonds is 5. The van der Waals surface area contributed by atoms with Gasteiger partial charge in [-0.15, -0.1) is 0 Å². The highest BCUT2D eigenvalue weighted by Gasteiger charge is 2.36. The third-order valence-corrected chi connectivity index (χ3v) is 3.32. The number of hydrogen-bond donors (Lipinski definition) is 1. The van der Waals surface area contributed by atoms with Crippen LogP contribution in [0.5, 0.6) is 0 Å². The van der Waals surface area contributed by atoms with Crippen LogP contribution < -0.4 is 5.32 Å². The minimum Gasteiger partial charge on any atom is -0.352 e. The zero-order chi connectivity index (χ0) is 15.6. The Morgan fingerprint density at radius 2 is 1.86 bits per heavy atom. The Morgan fingerprint density at radius 1 is 1.19 bits per heavy atom. The maximum absolute atomic E-state index is 12.3. The largest absolute Gasteiger partial charge is 0.352 e. The maximum Gasteiger partial charge on any atom is 0.261 e. The van der Waals surface area contributed by atoms with Crippen LogP contribution in [0.15, 0.2) is 18.2 Å². The Morgan fingerprint density at radius 3 is 2.48 bits per heavy atom. The molecule has 0 atom stereocenters. The van der Waals surface area contributed by atoms with Gasteiger partial charge < -0.3 is 5.32 Å². The van der Waals surface area contributed by atoms with Crippen molar-refractivity contribution in [1.82, 2.24) is 10.2 Å². The number of amides is 3. The van der Waals surface area contributed by atoms with Crippen molar-refractivity contribution in [2.24, 2.45) is 5.92 Å². The van der Waals surface area contributed by atoms with Crippen LogP contribution in [0.4, 0.5) is 0 Å². The lowest BCUT2D eigenvalue weighted by molar-refractivity contribution is 0.0636. The molecule has 21 heavy (non-hydrogen) atoms. The van der Waals surface area contributed by atoms with Gasteiger partial charge >= 0.3 is 0 Å². The molecule has 5 nitrogen and oxygen atoms in total. The summed E-state index contributed by atoms with van der Waals surface area (Å²) in [5.41, 5.74) is 1.12. The van der Waals surface area contributed by atoms with Gasteiger partial charge in [-0.25, -0.2) is 0 Å². The van der Waals surface area contributed by atoms with E-state index in [1.165, 1.54) is 11.0 Å². The lowest BCUT2D eigenvalue weighted by atomic mass is 10.1. The van der Waals surface area contributed by atoms with Crippen LogP contribution in [0.3, 0.4) is 0 Å². The second-order valence-corrected chi connectivity index (χ2v) is 5.63. The van der Waals surface area contributed by atoms with Gasteiger partial charge in [0.15, 0.2) is 0 Å². The molecule has 0 aliphatic carbocycles. The highest BCUT2D eigenvalue weighted by Crippen LogP contribution is 2.24. The van der Waals surface area contributed by atoms with E-state index in [1.807, 2.05) is 20.8 Å². The first-order chi connectivity index (χ1) is 9.95. The number of benzene rings is 1. The molecule has 1 aromatic carbocycles. The van der Waals surface area contributed by atoms with E-state index < -0.39 is 0 Å². The van der Waals surface area contributed by atoms with Gasteiger partial charge in [-0.05, 0) is 30.5 Å². The quantitative estimate of drug-likeness (QED) is 0.844. The Balaban J connectivity index is 2.27. The minimum atomic E-state index is -0.311. The molecular weight excluding hydrogens is 268 g/mol. The molecule has 1 aliphatic heterocycles. The molecule has 0 bridgehead atoms. The third-order valence-electron chi connectivity index (χ3n) is 3.32. The molecule has 3 amide bonds. The fraction of sp³-hybridized carbons (Fsp3) is 0.438. The number of carbonyl (C=O) groups excluding carboxylic acids is 3. The van der Waals surface area contributed by atoms with Crippen LogP contribution in [-0.2, 0) is 0 Å². The van der Waals surface area contributed by atoms with Gasteiger partial charge in [0, 0.05) is 18.7 Å². The summed E-state index contributed by atoms with van der Waals surface area (Å²) in [7, 11) is 0. The number of imide groups is 1. The number of carbonyl (C=O) groups is 3. The first-order valence-corrected chi connectivity index (χ1v) is 7.24. The lowest BCUT2D eigenvalue weighted by Crippen LogP contribution is -2.33. The zero-order valence-electron chi connectivity index (χ0n) is 12.6. The minimum absolute atomic E-state index is 0.208. The van der Waals surface area contributed by atoms with E-state index in [4.69, 9.17) is 0 Å². The predicted octanol–water partition coefficient (Wildman–Crippen LogP) is 2.08. The third kappa shape index (κ3) is 2.96. The Labute approximate surface area is 124 Å². The highest BCUT2D eigenvalue weighted by molar-refractivity contribution is 6.22. The molecule has 5 heteroatoms. The van der Waals surface area contributed by atoms with Gasteiger partial charge in [-0.1, -0.05) is 20.8 Å². The van der Waals surface area contributed by atoms with Gasteiger partial charge in [0.25, 0.3) is 17.7 Å². The number of nitrogens with zero attached hydrogens (tertiary/aromatic N) is 1. The summed E-state index contributed by atoms with van der Waals surface area (Å²) in [6.07, 6.45) is 0.844. The molecular formula is C16H20N2O3. The molecule has 1 aliphatic rings. The molecule has 1 aromatic rings. The van der Waals surface area contributed by atoms with Crippen molar-refractivity contribution in [3.8, 4) is 0 Å². The molecule has 0 aromatic heterocycles. The first-order valence-electron chi connectivity index (χ1n) is 7.24. The summed E-state index contributed by atoms with van der Waals surface area (Å²) in [6.45, 7) is 6.85. The van der Waals surface area contributed by atoms with Gasteiger partial charge in [0.2, 0.25) is 0 Å². The molecule has 0 radical (unpaired) electrons. The van der Waals surface area contributed by atoms with E-state index in [-0.39, 0.29) is 23.6 Å². The van der Waals surface area contributed by atoms with Crippen LogP contribution in [0.2, 0.25) is 0 Å². The van der Waals surface area contributed by atoms with Crippen molar-refractivity contribution >= 4 is 17.7 Å². The lowest BCUT2D eigenvalue weighted by Gasteiger charge is -2.15. The first kappa shape index (κ1) is 15.2. The molecule has 1 N–H and O–H groups in total. The van der Waals surface area contributed by atoms with Crippen molar-refractivity contribution in [3.63, 3.8) is 0 Å². The number of hydrogen-bond acceptors (Lipinski definition) is 3. The summed E-state index contributed by atoms with van der Waals surface area (Å²) in [4.78, 5) is 37.7. The smallest absolute Gasteiger partial charge is 0.261 e. The second kappa shape index (κ2) is 6.08. The van der Waals surface area contributed by atoms with Crippen LogP contribution in [0, 0.1) is 5.92 Å². The molecule has 112 valence electrons. The SMILES string of the molecule is CCCNC(=O)c1ccc2c(c1)C(=O)N(CC(C)C)C2=O. The summed E-state index contributed by atoms with van der Waals surface area (Å²) in [5, 5.41) is 2.76. The monoisotopic (exact) mass is 288 g/mol. The predicted molar refractivity (Wildman–Crippen MR) is 79.3 cm³/mol. The van der Waals surface area contributed by atoms with Crippen molar-refractivity contribution in [3.05, 3.63) is 34.9 Å². The van der Waals surface area contributed by atoms with Gasteiger partial charge in [0.05, 0.1) is 11.1 Å². The molecule has 0 saturated carbocycles. The zero-order valence-corrected chi connectivity index (χ0v) is 12.6. The summed E-state index contributed by atoms with van der Waals surface area (Å²) in [5.74, 6) is -0.597. The van der Waals surface area contributed by atoms with E-state index in [0.29, 0.717) is 29.8 Å². The average molecular weight is 288 g/mol. The highest BCUT2D eigenvalue weighted by atomic mass is 16.2. The summed E-state index contributed by atoms with van der Waals surface area (Å²) >= 11 is 0. The Kier molecular flexibility index (Phi) is 4.40. The van der Waals surface area contributed by atoms with E-state index >= 15 is 0 Å². The normalized spacial score (nSPS) is 13.8. The molecule has 0 saturated heterocycles. The van der Waals surface area contributed by atoms with Crippen LogP contribution in [0.1, 0.15) is 58.3 Å². The maximum atomic E-state index is 12.3. The molecule has 0 unspecified atom stereocenters. The molecule has 0 fully saturated rings. The van der Waals surface area contributed by atoms with Crippen LogP contribution in [-0.4, -0.2) is 35.7 Å². The fourth-order valence-electron chi connectivity index (χ4n) is 2.30. The number of nitrogens with one attached hydrogen (secondary N) is 1. The fourth-order valence-corrected chi connectivity index (χ4v) is 2.30. The average Bonchev–Trinajstić information content (AvgIpc) is 2.69. The standard InChI is InChI=1S/C16H20N2O3/c1-4-7-17-14(19)11-5-6-12-13(8-11)16(21)18(15(12)20)9-10(2)3/h5-6,8,10H,4,7,9H2,1-3H3,(H,17,19). The van der Waals surface area contributed by atoms with Crippen LogP contribution in [0.25, 0.3) is 0 Å². The van der Waals surface area contributed by atoms with Gasteiger partial charge in [-0.3, -0.25) is 19.3 Å². The van der Waals surface area contributed by atoms with Gasteiger partial charge in [-0.2, -0.15) is 0 Å². The van der Waals surface area contributed by atoms with E-state index in [0.717, 1.165) is 6.42 Å². The Bertz CT molecular complexity index is 593. The van der Waals surface area contributed by atoms with Crippen molar-refractivity contribution in [1.29, 1.82) is 0 Å². The van der Waals surface area contributed by atoms with Crippen molar-refractivity contribution in [2.45, 2.75) is 27.2 Å². The molecule has 2 rings (SSSR count). The Hall–Kier alpha value is -2.17. The number of fused-ring (bicyclic) bond motifs is 1. The van der Waals surface area contributed by atoms with Gasteiger partial charge in [0.1, 0.15) is 0 Å². The summed E-state index contributed by atoms with van der Waals surface area (Å²) < 4.78 is 0. The van der Waals surface area contributed by atoms with Crippen molar-refractivity contribution < 1.29 is 14.4 Å². The van der Waals surface area contributed by atoms with Crippen LogP contribution >= 0.6 is 0 Å². The van der Waals surface area contributed by atoms with E-state index in [1.54, 1.807) is 12.1 Å². The van der Waals surface area contributed by atoms with E-state index in [2.05, 4.69) is 5.32 Å². The molecule has 1 heterocycles. The molecule has 0 spiro atoms. The topological polar surface area (TPSA) is 66.5 Å². The van der Waals surface area contributed by atoms with E-state index in [9.17, 15) is 14.4 Å². The van der Waals surface area contributed by atoms with Crippen molar-refractivity contribution in [2.75, 3.05) is 13.1 Å². The summed E-state index contributed by atoms with van der Waals surface area (Å²) in [6, 6.07) is 4.67. The second-order valence-electron chi connectivity index (χ2n) is 5.63.